The molecule has 1 fully saturated rings. The molecule has 0 spiro atoms. The first kappa shape index (κ1) is 18.2. The van der Waals surface area contributed by atoms with E-state index >= 15 is 0 Å². The average Bonchev–Trinajstić information content (AvgIpc) is 2.57. The second-order valence-corrected chi connectivity index (χ2v) is 6.18. The van der Waals surface area contributed by atoms with Gasteiger partial charge in [0.2, 0.25) is 5.91 Å². The van der Waals surface area contributed by atoms with Gasteiger partial charge in [-0.2, -0.15) is 0 Å². The molecule has 1 saturated heterocycles. The van der Waals surface area contributed by atoms with Crippen LogP contribution in [-0.4, -0.2) is 36.5 Å². The van der Waals surface area contributed by atoms with Gasteiger partial charge < -0.3 is 9.64 Å². The Kier molecular flexibility index (Phi) is 6.12. The first-order chi connectivity index (χ1) is 11.5. The highest BCUT2D eigenvalue weighted by atomic mass is 19.1. The summed E-state index contributed by atoms with van der Waals surface area (Å²) in [4.78, 5) is 26.5. The van der Waals surface area contributed by atoms with E-state index in [9.17, 15) is 14.0 Å². The Morgan fingerprint density at radius 1 is 1.42 bits per heavy atom. The Labute approximate surface area is 142 Å². The highest BCUT2D eigenvalue weighted by Crippen LogP contribution is 2.36. The molecule has 130 valence electrons. The van der Waals surface area contributed by atoms with E-state index in [1.54, 1.807) is 36.1 Å². The van der Waals surface area contributed by atoms with Gasteiger partial charge in [0.25, 0.3) is 0 Å². The van der Waals surface area contributed by atoms with Gasteiger partial charge in [-0.3, -0.25) is 9.59 Å². The molecule has 0 aliphatic carbocycles. The molecule has 24 heavy (non-hydrogen) atoms. The molecule has 1 amide bonds. The van der Waals surface area contributed by atoms with Crippen molar-refractivity contribution in [2.24, 2.45) is 5.41 Å². The van der Waals surface area contributed by atoms with Gasteiger partial charge in [-0.25, -0.2) is 4.39 Å². The topological polar surface area (TPSA) is 46.6 Å². The monoisotopic (exact) mass is 333 g/mol. The molecule has 1 atom stereocenters. The van der Waals surface area contributed by atoms with Crippen molar-refractivity contribution in [3.63, 3.8) is 0 Å². The number of nitrogens with zero attached hydrogens (tertiary/aromatic N) is 1. The third-order valence-corrected chi connectivity index (χ3v) is 4.44. The number of hydrogen-bond acceptors (Lipinski definition) is 3. The first-order valence-corrected chi connectivity index (χ1v) is 8.31. The minimum Gasteiger partial charge on any atom is -0.466 e. The van der Waals surface area contributed by atoms with Gasteiger partial charge in [0, 0.05) is 19.5 Å². The number of ether oxygens (including phenoxy) is 1. The van der Waals surface area contributed by atoms with Crippen LogP contribution >= 0.6 is 0 Å². The van der Waals surface area contributed by atoms with Gasteiger partial charge >= 0.3 is 5.97 Å². The molecule has 0 radical (unpaired) electrons. The highest BCUT2D eigenvalue weighted by Gasteiger charge is 2.45. The molecular formula is C19H24FNO3. The summed E-state index contributed by atoms with van der Waals surface area (Å²) < 4.78 is 19.4. The minimum absolute atomic E-state index is 0.0630. The lowest BCUT2D eigenvalue weighted by Gasteiger charge is -2.41. The number of piperidine rings is 1. The van der Waals surface area contributed by atoms with Crippen LogP contribution in [0.3, 0.4) is 0 Å². The lowest BCUT2D eigenvalue weighted by atomic mass is 9.75. The fraction of sp³-hybridized carbons (Fsp3) is 0.474. The maximum Gasteiger partial charge on any atom is 0.314 e. The molecule has 1 heterocycles. The lowest BCUT2D eigenvalue weighted by molar-refractivity contribution is -0.160. The molecule has 2 rings (SSSR count). The average molecular weight is 333 g/mol. The summed E-state index contributed by atoms with van der Waals surface area (Å²) in [6.07, 6.45) is 3.29. The molecule has 4 nitrogen and oxygen atoms in total. The summed E-state index contributed by atoms with van der Waals surface area (Å²) >= 11 is 0. The van der Waals surface area contributed by atoms with Crippen molar-refractivity contribution in [3.8, 4) is 0 Å². The van der Waals surface area contributed by atoms with E-state index < -0.39 is 5.41 Å². The molecule has 1 aliphatic rings. The number of halogens is 1. The summed E-state index contributed by atoms with van der Waals surface area (Å²) in [6, 6.07) is 6.44. The third kappa shape index (κ3) is 4.02. The zero-order chi connectivity index (χ0) is 17.6. The lowest BCUT2D eigenvalue weighted by Crippen LogP contribution is -2.51. The molecule has 0 bridgehead atoms. The number of rotatable bonds is 6. The van der Waals surface area contributed by atoms with Gasteiger partial charge in [0.15, 0.2) is 0 Å². The Hall–Kier alpha value is -2.17. The molecule has 1 aromatic carbocycles. The molecular weight excluding hydrogens is 309 g/mol. The maximum absolute atomic E-state index is 14.1. The fourth-order valence-electron chi connectivity index (χ4n) is 3.27. The van der Waals surface area contributed by atoms with Crippen LogP contribution < -0.4 is 0 Å². The summed E-state index contributed by atoms with van der Waals surface area (Å²) in [5, 5.41) is 0. The van der Waals surface area contributed by atoms with E-state index in [2.05, 4.69) is 6.58 Å². The Balaban J connectivity index is 2.29. The van der Waals surface area contributed by atoms with E-state index in [4.69, 9.17) is 4.74 Å². The van der Waals surface area contributed by atoms with Crippen LogP contribution in [0, 0.1) is 11.2 Å². The number of hydrogen-bond donors (Lipinski definition) is 0. The van der Waals surface area contributed by atoms with Crippen LogP contribution in [0.1, 0.15) is 31.7 Å². The number of amides is 1. The molecule has 5 heteroatoms. The normalized spacial score (nSPS) is 20.5. The molecule has 0 saturated carbocycles. The van der Waals surface area contributed by atoms with Gasteiger partial charge in [-0.15, -0.1) is 6.58 Å². The van der Waals surface area contributed by atoms with E-state index in [1.807, 2.05) is 0 Å². The highest BCUT2D eigenvalue weighted by molar-refractivity contribution is 5.81. The zero-order valence-corrected chi connectivity index (χ0v) is 14.1. The molecule has 1 aromatic rings. The Morgan fingerprint density at radius 2 is 2.17 bits per heavy atom. The van der Waals surface area contributed by atoms with Crippen molar-refractivity contribution in [1.29, 1.82) is 0 Å². The maximum atomic E-state index is 14.1. The smallest absolute Gasteiger partial charge is 0.314 e. The van der Waals surface area contributed by atoms with E-state index in [0.29, 0.717) is 24.9 Å². The van der Waals surface area contributed by atoms with E-state index in [0.717, 1.165) is 0 Å². The molecule has 1 aliphatic heterocycles. The van der Waals surface area contributed by atoms with Gasteiger partial charge in [0.1, 0.15) is 5.82 Å². The van der Waals surface area contributed by atoms with Gasteiger partial charge in [-0.1, -0.05) is 24.3 Å². The van der Waals surface area contributed by atoms with Gasteiger partial charge in [0.05, 0.1) is 12.0 Å². The zero-order valence-electron chi connectivity index (χ0n) is 14.1. The Morgan fingerprint density at radius 3 is 2.83 bits per heavy atom. The van der Waals surface area contributed by atoms with Crippen molar-refractivity contribution in [3.05, 3.63) is 48.3 Å². The standard InChI is InChI=1S/C19H24FNO3/c1-3-8-17(22)21-12-7-11-19(14-21,18(23)24-4-2)13-15-9-5-6-10-16(15)20/h3,5-6,9-10H,1,4,7-8,11-14H2,2H3. The number of likely N-dealkylation sites (tertiary alicyclic amines) is 1. The minimum atomic E-state index is -0.896. The second kappa shape index (κ2) is 8.08. The van der Waals surface area contributed by atoms with Crippen LogP contribution in [-0.2, 0) is 20.7 Å². The predicted molar refractivity (Wildman–Crippen MR) is 89.8 cm³/mol. The fourth-order valence-corrected chi connectivity index (χ4v) is 3.27. The molecule has 0 N–H and O–H groups in total. The summed E-state index contributed by atoms with van der Waals surface area (Å²) in [6.45, 7) is 6.46. The van der Waals surface area contributed by atoms with Crippen molar-refractivity contribution >= 4 is 11.9 Å². The van der Waals surface area contributed by atoms with Crippen LogP contribution in [0.5, 0.6) is 0 Å². The van der Waals surface area contributed by atoms with Crippen molar-refractivity contribution in [2.75, 3.05) is 19.7 Å². The largest absolute Gasteiger partial charge is 0.466 e. The number of carbonyl (C=O) groups excluding carboxylic acids is 2. The summed E-state index contributed by atoms with van der Waals surface area (Å²) in [5.41, 5.74) is -0.420. The summed E-state index contributed by atoms with van der Waals surface area (Å²) in [5.74, 6) is -0.757. The molecule has 1 unspecified atom stereocenters. The second-order valence-electron chi connectivity index (χ2n) is 6.18. The van der Waals surface area contributed by atoms with Gasteiger partial charge in [-0.05, 0) is 37.8 Å². The summed E-state index contributed by atoms with van der Waals surface area (Å²) in [7, 11) is 0. The number of esters is 1. The van der Waals surface area contributed by atoms with E-state index in [1.165, 1.54) is 6.07 Å². The van der Waals surface area contributed by atoms with Crippen molar-refractivity contribution < 1.29 is 18.7 Å². The van der Waals surface area contributed by atoms with Crippen LogP contribution in [0.4, 0.5) is 4.39 Å². The quantitative estimate of drug-likeness (QED) is 0.593. The third-order valence-electron chi connectivity index (χ3n) is 4.44. The van der Waals surface area contributed by atoms with Crippen molar-refractivity contribution in [1.82, 2.24) is 4.90 Å². The number of carbonyl (C=O) groups is 2. The SMILES string of the molecule is C=CCC(=O)N1CCCC(Cc2ccccc2F)(C(=O)OCC)C1. The van der Waals surface area contributed by atoms with E-state index in [-0.39, 0.29) is 43.7 Å². The first-order valence-electron chi connectivity index (χ1n) is 8.31. The van der Waals surface area contributed by atoms with Crippen molar-refractivity contribution in [2.45, 2.75) is 32.6 Å². The van der Waals surface area contributed by atoms with Crippen LogP contribution in [0.15, 0.2) is 36.9 Å². The van der Waals surface area contributed by atoms with Crippen LogP contribution in [0.2, 0.25) is 0 Å². The molecule has 0 aromatic heterocycles. The van der Waals surface area contributed by atoms with Crippen LogP contribution in [0.25, 0.3) is 0 Å². The Bertz CT molecular complexity index is 616. The predicted octanol–water partition coefficient (Wildman–Crippen LogP) is 3.12. The number of benzene rings is 1.